The van der Waals surface area contributed by atoms with Gasteiger partial charge < -0.3 is 15.4 Å². The molecule has 0 radical (unpaired) electrons. The van der Waals surface area contributed by atoms with Crippen molar-refractivity contribution in [3.63, 3.8) is 0 Å². The van der Waals surface area contributed by atoms with Crippen LogP contribution in [0.25, 0.3) is 0 Å². The molecule has 1 aliphatic carbocycles. The third kappa shape index (κ3) is 8.22. The molecule has 112 valence electrons. The summed E-state index contributed by atoms with van der Waals surface area (Å²) in [6.45, 7) is 8.62. The van der Waals surface area contributed by atoms with Crippen molar-refractivity contribution in [1.82, 2.24) is 10.6 Å². The van der Waals surface area contributed by atoms with Gasteiger partial charge in [-0.3, -0.25) is 4.79 Å². The Morgan fingerprint density at radius 2 is 2.11 bits per heavy atom. The van der Waals surface area contributed by atoms with Gasteiger partial charge in [0.2, 0.25) is 5.91 Å². The van der Waals surface area contributed by atoms with E-state index < -0.39 is 0 Å². The second kappa shape index (κ2) is 9.32. The van der Waals surface area contributed by atoms with Gasteiger partial charge in [-0.1, -0.05) is 27.2 Å². The predicted molar refractivity (Wildman–Crippen MR) is 78.1 cm³/mol. The van der Waals surface area contributed by atoms with Crippen molar-refractivity contribution in [2.75, 3.05) is 19.8 Å². The first-order valence-corrected chi connectivity index (χ1v) is 7.75. The molecular weight excluding hydrogens is 240 g/mol. The van der Waals surface area contributed by atoms with Gasteiger partial charge in [-0.2, -0.15) is 0 Å². The van der Waals surface area contributed by atoms with Crippen molar-refractivity contribution < 1.29 is 9.53 Å². The van der Waals surface area contributed by atoms with Gasteiger partial charge in [0, 0.05) is 25.8 Å². The molecule has 0 aromatic heterocycles. The quantitative estimate of drug-likeness (QED) is 0.565. The smallest absolute Gasteiger partial charge is 0.237 e. The van der Waals surface area contributed by atoms with Crippen LogP contribution in [0, 0.1) is 5.92 Å². The molecule has 1 amide bonds. The number of amides is 1. The summed E-state index contributed by atoms with van der Waals surface area (Å²) in [6, 6.07) is 0.279. The highest BCUT2D eigenvalue weighted by Crippen LogP contribution is 2.28. The van der Waals surface area contributed by atoms with Gasteiger partial charge in [0.05, 0.1) is 6.04 Å². The lowest BCUT2D eigenvalue weighted by Gasteiger charge is -2.20. The molecular formula is C15H30N2O2. The van der Waals surface area contributed by atoms with Gasteiger partial charge in [-0.05, 0) is 31.6 Å². The van der Waals surface area contributed by atoms with Gasteiger partial charge in [-0.15, -0.1) is 0 Å². The molecule has 1 fully saturated rings. The van der Waals surface area contributed by atoms with E-state index in [0.29, 0.717) is 12.6 Å². The summed E-state index contributed by atoms with van der Waals surface area (Å²) in [6.07, 6.45) is 5.47. The van der Waals surface area contributed by atoms with Crippen LogP contribution in [0.1, 0.15) is 52.9 Å². The Labute approximate surface area is 117 Å². The SMILES string of the molecule is CCC[C@H](NC(C)C)C(=O)NCCCOCC1CC1. The number of rotatable bonds is 11. The van der Waals surface area contributed by atoms with Crippen molar-refractivity contribution in [2.24, 2.45) is 5.92 Å². The first-order chi connectivity index (χ1) is 9.13. The van der Waals surface area contributed by atoms with E-state index in [0.717, 1.165) is 38.4 Å². The fourth-order valence-corrected chi connectivity index (χ4v) is 2.02. The van der Waals surface area contributed by atoms with Gasteiger partial charge in [0.15, 0.2) is 0 Å². The van der Waals surface area contributed by atoms with Crippen molar-refractivity contribution in [2.45, 2.75) is 65.0 Å². The zero-order chi connectivity index (χ0) is 14.1. The van der Waals surface area contributed by atoms with Crippen LogP contribution in [0.4, 0.5) is 0 Å². The maximum Gasteiger partial charge on any atom is 0.237 e. The predicted octanol–water partition coefficient (Wildman–Crippen LogP) is 2.09. The molecule has 0 saturated heterocycles. The molecule has 19 heavy (non-hydrogen) atoms. The van der Waals surface area contributed by atoms with E-state index in [-0.39, 0.29) is 11.9 Å². The summed E-state index contributed by atoms with van der Waals surface area (Å²) in [7, 11) is 0. The average molecular weight is 270 g/mol. The topological polar surface area (TPSA) is 50.4 Å². The third-order valence-electron chi connectivity index (χ3n) is 3.24. The van der Waals surface area contributed by atoms with Crippen LogP contribution >= 0.6 is 0 Å². The average Bonchev–Trinajstić information content (AvgIpc) is 3.16. The summed E-state index contributed by atoms with van der Waals surface area (Å²) >= 11 is 0. The lowest BCUT2D eigenvalue weighted by atomic mass is 10.1. The van der Waals surface area contributed by atoms with Crippen LogP contribution in [0.3, 0.4) is 0 Å². The molecule has 0 unspecified atom stereocenters. The molecule has 0 spiro atoms. The van der Waals surface area contributed by atoms with Gasteiger partial charge in [-0.25, -0.2) is 0 Å². The Balaban J connectivity index is 2.05. The Kier molecular flexibility index (Phi) is 8.07. The number of ether oxygens (including phenoxy) is 1. The molecule has 1 rings (SSSR count). The summed E-state index contributed by atoms with van der Waals surface area (Å²) < 4.78 is 5.54. The lowest BCUT2D eigenvalue weighted by Crippen LogP contribution is -2.47. The molecule has 1 aliphatic rings. The zero-order valence-corrected chi connectivity index (χ0v) is 12.7. The number of hydrogen-bond acceptors (Lipinski definition) is 3. The summed E-state index contributed by atoms with van der Waals surface area (Å²) in [5.41, 5.74) is 0. The van der Waals surface area contributed by atoms with E-state index in [9.17, 15) is 4.79 Å². The Morgan fingerprint density at radius 1 is 1.37 bits per heavy atom. The first kappa shape index (κ1) is 16.4. The first-order valence-electron chi connectivity index (χ1n) is 7.75. The van der Waals surface area contributed by atoms with Crippen molar-refractivity contribution in [1.29, 1.82) is 0 Å². The highest BCUT2D eigenvalue weighted by molar-refractivity contribution is 5.81. The van der Waals surface area contributed by atoms with Crippen molar-refractivity contribution >= 4 is 5.91 Å². The minimum Gasteiger partial charge on any atom is -0.381 e. The summed E-state index contributed by atoms with van der Waals surface area (Å²) in [5.74, 6) is 0.941. The molecule has 0 aromatic carbocycles. The van der Waals surface area contributed by atoms with Crippen molar-refractivity contribution in [3.8, 4) is 0 Å². The van der Waals surface area contributed by atoms with Gasteiger partial charge in [0.25, 0.3) is 0 Å². The van der Waals surface area contributed by atoms with E-state index in [1.165, 1.54) is 12.8 Å². The molecule has 0 bridgehead atoms. The van der Waals surface area contributed by atoms with Crippen LogP contribution in [0.15, 0.2) is 0 Å². The van der Waals surface area contributed by atoms with Crippen LogP contribution in [0.5, 0.6) is 0 Å². The number of carbonyl (C=O) groups is 1. The van der Waals surface area contributed by atoms with E-state index in [4.69, 9.17) is 4.74 Å². The van der Waals surface area contributed by atoms with Crippen LogP contribution in [-0.4, -0.2) is 37.7 Å². The van der Waals surface area contributed by atoms with E-state index in [2.05, 4.69) is 31.4 Å². The van der Waals surface area contributed by atoms with Gasteiger partial charge in [0.1, 0.15) is 0 Å². The Morgan fingerprint density at radius 3 is 2.68 bits per heavy atom. The van der Waals surface area contributed by atoms with E-state index in [1.54, 1.807) is 0 Å². The fourth-order valence-electron chi connectivity index (χ4n) is 2.02. The summed E-state index contributed by atoms with van der Waals surface area (Å²) in [4.78, 5) is 12.0. The zero-order valence-electron chi connectivity index (χ0n) is 12.7. The molecule has 2 N–H and O–H groups in total. The minimum atomic E-state index is -0.0580. The molecule has 0 heterocycles. The van der Waals surface area contributed by atoms with Crippen LogP contribution in [0.2, 0.25) is 0 Å². The monoisotopic (exact) mass is 270 g/mol. The number of nitrogens with one attached hydrogen (secondary N) is 2. The number of carbonyl (C=O) groups excluding carboxylic acids is 1. The molecule has 0 aliphatic heterocycles. The highest BCUT2D eigenvalue weighted by atomic mass is 16.5. The fraction of sp³-hybridized carbons (Fsp3) is 0.933. The largest absolute Gasteiger partial charge is 0.381 e. The Bertz CT molecular complexity index is 253. The molecule has 0 aromatic rings. The lowest BCUT2D eigenvalue weighted by molar-refractivity contribution is -0.123. The normalized spacial score (nSPS) is 16.6. The van der Waals surface area contributed by atoms with E-state index in [1.807, 2.05) is 0 Å². The number of hydrogen-bond donors (Lipinski definition) is 2. The van der Waals surface area contributed by atoms with Crippen LogP contribution in [-0.2, 0) is 9.53 Å². The van der Waals surface area contributed by atoms with Gasteiger partial charge >= 0.3 is 0 Å². The third-order valence-corrected chi connectivity index (χ3v) is 3.24. The Hall–Kier alpha value is -0.610. The standard InChI is InChI=1S/C15H30N2O2/c1-4-6-14(17-12(2)3)15(18)16-9-5-10-19-11-13-7-8-13/h12-14,17H,4-11H2,1-3H3,(H,16,18)/t14-/m0/s1. The molecule has 1 atom stereocenters. The molecule has 4 heteroatoms. The molecule has 4 nitrogen and oxygen atoms in total. The molecule has 1 saturated carbocycles. The maximum absolute atomic E-state index is 12.0. The summed E-state index contributed by atoms with van der Waals surface area (Å²) in [5, 5.41) is 6.31. The second-order valence-corrected chi connectivity index (χ2v) is 5.83. The maximum atomic E-state index is 12.0. The van der Waals surface area contributed by atoms with Crippen LogP contribution < -0.4 is 10.6 Å². The highest BCUT2D eigenvalue weighted by Gasteiger charge is 2.21. The van der Waals surface area contributed by atoms with E-state index >= 15 is 0 Å². The minimum absolute atomic E-state index is 0.0580. The second-order valence-electron chi connectivity index (χ2n) is 5.83. The van der Waals surface area contributed by atoms with Crippen molar-refractivity contribution in [3.05, 3.63) is 0 Å².